The van der Waals surface area contributed by atoms with Crippen molar-refractivity contribution in [2.24, 2.45) is 0 Å². The Kier molecular flexibility index (Phi) is 5.39. The molecule has 15 heavy (non-hydrogen) atoms. The fourth-order valence-electron chi connectivity index (χ4n) is 0.675. The Balaban J connectivity index is 0. The topological polar surface area (TPSA) is 56.8 Å². The minimum absolute atomic E-state index is 0. The zero-order valence-corrected chi connectivity index (χ0v) is 7.77. The van der Waals surface area contributed by atoms with E-state index in [-0.39, 0.29) is 18.9 Å². The van der Waals surface area contributed by atoms with Gasteiger partial charge >= 0.3 is 31.4 Å². The second-order valence-corrected chi connectivity index (χ2v) is 2.40. The quantitative estimate of drug-likeness (QED) is 0.417. The maximum absolute atomic E-state index is 12.6. The van der Waals surface area contributed by atoms with Gasteiger partial charge in [-0.05, 0) is 7.11 Å². The van der Waals surface area contributed by atoms with Gasteiger partial charge in [0.2, 0.25) is 0 Å². The smallest absolute Gasteiger partial charge is 0.567 e. The van der Waals surface area contributed by atoms with E-state index in [1.165, 1.54) is 0 Å². The monoisotopic (exact) mass is 220 g/mol. The first-order valence-electron chi connectivity index (χ1n) is 3.15. The van der Waals surface area contributed by atoms with Crippen LogP contribution in [0.4, 0.5) is 22.0 Å². The molecule has 0 rings (SSSR count). The van der Waals surface area contributed by atoms with Gasteiger partial charge in [0.25, 0.3) is 5.82 Å². The van der Waals surface area contributed by atoms with Crippen molar-refractivity contribution in [2.75, 3.05) is 7.11 Å². The molecule has 10 heteroatoms. The third kappa shape index (κ3) is 2.43. The maximum Gasteiger partial charge on any atom is 1.00 e. The first kappa shape index (κ1) is 16.7. The van der Waals surface area contributed by atoms with E-state index in [0.29, 0.717) is 19.0 Å². The number of nitriles is 2. The second-order valence-electron chi connectivity index (χ2n) is 2.40. The average molecular weight is 220 g/mol. The molecular formula is C5H3BF5LiN2O. The minimum atomic E-state index is -5.99. The summed E-state index contributed by atoms with van der Waals surface area (Å²) < 4.78 is 64.2. The van der Waals surface area contributed by atoms with Crippen LogP contribution >= 0.6 is 0 Å². The van der Waals surface area contributed by atoms with Gasteiger partial charge in [0.15, 0.2) is 0 Å². The van der Waals surface area contributed by atoms with Crippen molar-refractivity contribution in [3.63, 3.8) is 0 Å². The van der Waals surface area contributed by atoms with Crippen molar-refractivity contribution < 1.29 is 45.5 Å². The molecule has 0 spiro atoms. The summed E-state index contributed by atoms with van der Waals surface area (Å²) in [6.07, 6.45) is -10.5. The molecule has 0 radical (unpaired) electrons. The molecule has 0 aromatic heterocycles. The van der Waals surface area contributed by atoms with Crippen molar-refractivity contribution >= 4 is 6.35 Å². The number of halogens is 5. The van der Waals surface area contributed by atoms with E-state index in [9.17, 15) is 22.0 Å². The zero-order chi connectivity index (χ0) is 11.6. The van der Waals surface area contributed by atoms with Gasteiger partial charge in [-0.25, -0.2) is 19.3 Å². The Labute approximate surface area is 93.9 Å². The molecule has 0 aromatic carbocycles. The van der Waals surface area contributed by atoms with E-state index in [4.69, 9.17) is 10.5 Å². The van der Waals surface area contributed by atoms with Crippen LogP contribution in [0.2, 0.25) is 0 Å². The maximum atomic E-state index is 12.6. The van der Waals surface area contributed by atoms with E-state index in [1.54, 1.807) is 0 Å². The molecule has 3 nitrogen and oxygen atoms in total. The van der Waals surface area contributed by atoms with Crippen LogP contribution in [-0.2, 0) is 4.65 Å². The average Bonchev–Trinajstić information content (AvgIpc) is 2.06. The normalized spacial score (nSPS) is 12.3. The van der Waals surface area contributed by atoms with Crippen LogP contribution in [0, 0.1) is 22.5 Å². The summed E-state index contributed by atoms with van der Waals surface area (Å²) >= 11 is 0. The number of hydrogen-bond donors (Lipinski definition) is 0. The van der Waals surface area contributed by atoms with E-state index in [0.717, 1.165) is 0 Å². The van der Waals surface area contributed by atoms with Gasteiger partial charge in [-0.1, -0.05) is 11.9 Å². The standard InChI is InChI=1S/C5H3BF5N2O.Li/c1-14-6(2-12,3-13)4(7,8)5(9,10)11;/h1H3;/q-1;+1. The SMILES string of the molecule is CO[B-](C#N)(C#N)C(F)(F)C(F)(F)F.[Li+]. The summed E-state index contributed by atoms with van der Waals surface area (Å²) in [5.74, 6) is -4.34. The van der Waals surface area contributed by atoms with Gasteiger partial charge in [0.05, 0.1) is 0 Å². The summed E-state index contributed by atoms with van der Waals surface area (Å²) in [7, 11) is 0.450. The summed E-state index contributed by atoms with van der Waals surface area (Å²) in [4.78, 5) is 0. The van der Waals surface area contributed by atoms with Crippen LogP contribution in [0.1, 0.15) is 0 Å². The van der Waals surface area contributed by atoms with Crippen LogP contribution in [0.15, 0.2) is 0 Å². The van der Waals surface area contributed by atoms with Crippen LogP contribution in [0.3, 0.4) is 0 Å². The number of alkyl halides is 5. The van der Waals surface area contributed by atoms with E-state index in [1.807, 2.05) is 0 Å². The van der Waals surface area contributed by atoms with Crippen LogP contribution in [-0.4, -0.2) is 25.5 Å². The molecule has 0 saturated carbocycles. The molecule has 0 aliphatic rings. The van der Waals surface area contributed by atoms with Gasteiger partial charge in [0, 0.05) is 0 Å². The fraction of sp³-hybridized carbons (Fsp3) is 0.600. The first-order valence-corrected chi connectivity index (χ1v) is 3.15. The Hall–Kier alpha value is -0.748. The van der Waals surface area contributed by atoms with Crippen molar-refractivity contribution in [1.82, 2.24) is 0 Å². The Bertz CT molecular complexity index is 292. The van der Waals surface area contributed by atoms with Crippen molar-refractivity contribution in [1.29, 1.82) is 10.5 Å². The van der Waals surface area contributed by atoms with E-state index in [2.05, 4.69) is 4.65 Å². The van der Waals surface area contributed by atoms with Crippen LogP contribution in [0.25, 0.3) is 0 Å². The Morgan fingerprint density at radius 3 is 1.47 bits per heavy atom. The van der Waals surface area contributed by atoms with Crippen molar-refractivity contribution in [3.8, 4) is 11.9 Å². The molecule has 78 valence electrons. The van der Waals surface area contributed by atoms with Crippen LogP contribution in [0.5, 0.6) is 0 Å². The summed E-state index contributed by atoms with van der Waals surface area (Å²) in [5, 5.41) is 16.3. The third-order valence-electron chi connectivity index (χ3n) is 1.61. The molecule has 0 saturated heterocycles. The van der Waals surface area contributed by atoms with Gasteiger partial charge in [-0.15, -0.1) is 0 Å². The minimum Gasteiger partial charge on any atom is -0.567 e. The predicted octanol–water partition coefficient (Wildman–Crippen LogP) is -1.56. The van der Waals surface area contributed by atoms with E-state index < -0.39 is 18.3 Å². The Morgan fingerprint density at radius 2 is 1.40 bits per heavy atom. The van der Waals surface area contributed by atoms with Gasteiger partial charge in [-0.2, -0.15) is 13.2 Å². The Morgan fingerprint density at radius 1 is 1.07 bits per heavy atom. The molecule has 0 N–H and O–H groups in total. The molecule has 0 bridgehead atoms. The largest absolute Gasteiger partial charge is 1.00 e. The van der Waals surface area contributed by atoms with Gasteiger partial charge in [0.1, 0.15) is 0 Å². The summed E-state index contributed by atoms with van der Waals surface area (Å²) in [6.45, 7) is 0. The molecular weight excluding hydrogens is 217 g/mol. The number of rotatable bonds is 2. The molecule has 0 unspecified atom stereocenters. The first-order chi connectivity index (χ1) is 6.18. The summed E-state index contributed by atoms with van der Waals surface area (Å²) in [5.41, 5.74) is 0. The van der Waals surface area contributed by atoms with Crippen molar-refractivity contribution in [2.45, 2.75) is 12.0 Å². The molecule has 0 heterocycles. The molecule has 0 aliphatic heterocycles. The molecule has 0 fully saturated rings. The molecule has 0 atom stereocenters. The van der Waals surface area contributed by atoms with Crippen LogP contribution < -0.4 is 18.9 Å². The third-order valence-corrected chi connectivity index (χ3v) is 1.61. The fourth-order valence-corrected chi connectivity index (χ4v) is 0.675. The zero-order valence-electron chi connectivity index (χ0n) is 7.77. The molecule has 0 aromatic rings. The molecule has 0 amide bonds. The number of nitrogens with zero attached hydrogens (tertiary/aromatic N) is 2. The van der Waals surface area contributed by atoms with Crippen molar-refractivity contribution in [3.05, 3.63) is 0 Å². The summed E-state index contributed by atoms with van der Waals surface area (Å²) in [6, 6.07) is 0. The van der Waals surface area contributed by atoms with Gasteiger partial charge < -0.3 is 4.65 Å². The van der Waals surface area contributed by atoms with E-state index >= 15 is 0 Å². The number of hydrogen-bond acceptors (Lipinski definition) is 3. The molecule has 0 aliphatic carbocycles. The second kappa shape index (κ2) is 4.85. The van der Waals surface area contributed by atoms with Gasteiger partial charge in [-0.3, -0.25) is 0 Å². The predicted molar refractivity (Wildman–Crippen MR) is 35.0 cm³/mol.